The number of hydrogen-bond acceptors (Lipinski definition) is 3. The van der Waals surface area contributed by atoms with Crippen LogP contribution < -0.4 is 11.4 Å². The smallest absolute Gasteiger partial charge is 0.327 e. The predicted octanol–water partition coefficient (Wildman–Crippen LogP) is 1.17. The highest BCUT2D eigenvalue weighted by atomic mass is 16.1. The van der Waals surface area contributed by atoms with Gasteiger partial charge in [0.25, 0.3) is 0 Å². The summed E-state index contributed by atoms with van der Waals surface area (Å²) >= 11 is 0. The maximum atomic E-state index is 12.0. The van der Waals surface area contributed by atoms with Crippen LogP contribution in [0.15, 0.2) is 23.1 Å². The molecule has 0 spiro atoms. The van der Waals surface area contributed by atoms with E-state index in [1.165, 1.54) is 0 Å². The maximum Gasteiger partial charge on any atom is 0.327 e. The zero-order valence-corrected chi connectivity index (χ0v) is 9.60. The summed E-state index contributed by atoms with van der Waals surface area (Å²) in [6.07, 6.45) is 5.61. The summed E-state index contributed by atoms with van der Waals surface area (Å²) in [5.74, 6) is 0. The third-order valence-corrected chi connectivity index (χ3v) is 3.58. The van der Waals surface area contributed by atoms with Crippen LogP contribution in [-0.4, -0.2) is 20.6 Å². The number of nitrogens with zero attached hydrogens (tertiary/aromatic N) is 2. The molecule has 1 aliphatic rings. The first kappa shape index (κ1) is 10.5. The van der Waals surface area contributed by atoms with Gasteiger partial charge in [0, 0.05) is 18.3 Å². The Hall–Kier alpha value is -1.62. The van der Waals surface area contributed by atoms with Crippen LogP contribution in [0.2, 0.25) is 0 Å². The highest BCUT2D eigenvalue weighted by Crippen LogP contribution is 2.28. The van der Waals surface area contributed by atoms with Gasteiger partial charge in [-0.15, -0.1) is 0 Å². The summed E-state index contributed by atoms with van der Waals surface area (Å²) < 4.78 is 1.79. The first-order chi connectivity index (χ1) is 8.25. The van der Waals surface area contributed by atoms with Gasteiger partial charge in [-0.1, -0.05) is 0 Å². The van der Waals surface area contributed by atoms with Gasteiger partial charge in [-0.2, -0.15) is 0 Å². The van der Waals surface area contributed by atoms with Crippen LogP contribution in [0.4, 0.5) is 0 Å². The predicted molar refractivity (Wildman–Crippen MR) is 65.8 cm³/mol. The molecule has 1 saturated carbocycles. The van der Waals surface area contributed by atoms with Gasteiger partial charge in [-0.25, -0.2) is 9.78 Å². The molecule has 5 heteroatoms. The number of rotatable bonds is 1. The molecule has 1 aliphatic carbocycles. The van der Waals surface area contributed by atoms with Crippen LogP contribution in [0.3, 0.4) is 0 Å². The highest BCUT2D eigenvalue weighted by molar-refractivity contribution is 5.70. The van der Waals surface area contributed by atoms with E-state index in [4.69, 9.17) is 5.73 Å². The molecule has 0 saturated heterocycles. The number of hydrogen-bond donors (Lipinski definition) is 2. The van der Waals surface area contributed by atoms with Crippen LogP contribution in [0.5, 0.6) is 0 Å². The second-order valence-corrected chi connectivity index (χ2v) is 4.74. The maximum absolute atomic E-state index is 12.0. The summed E-state index contributed by atoms with van der Waals surface area (Å²) in [6, 6.07) is 4.25. The number of H-pyrrole nitrogens is 1. The molecule has 17 heavy (non-hydrogen) atoms. The van der Waals surface area contributed by atoms with E-state index in [1.54, 1.807) is 10.8 Å². The second-order valence-electron chi connectivity index (χ2n) is 4.74. The summed E-state index contributed by atoms with van der Waals surface area (Å²) in [6.45, 7) is 0. The van der Waals surface area contributed by atoms with Crippen molar-refractivity contribution in [2.75, 3.05) is 0 Å². The summed E-state index contributed by atoms with van der Waals surface area (Å²) in [7, 11) is 0. The normalized spacial score (nSPS) is 25.2. The number of aromatic amines is 1. The van der Waals surface area contributed by atoms with Crippen LogP contribution in [0.25, 0.3) is 11.2 Å². The zero-order chi connectivity index (χ0) is 11.8. The molecule has 0 radical (unpaired) electrons. The standard InChI is InChI=1S/C12H16N4O/c13-8-3-5-9(6-4-8)16-11-10(15-12(16)17)2-1-7-14-11/h1-2,7-9H,3-6,13H2,(H,15,17). The lowest BCUT2D eigenvalue weighted by Gasteiger charge is -2.26. The van der Waals surface area contributed by atoms with Crippen LogP contribution in [-0.2, 0) is 0 Å². The van der Waals surface area contributed by atoms with Gasteiger partial charge in [0.15, 0.2) is 5.65 Å². The molecule has 0 amide bonds. The quantitative estimate of drug-likeness (QED) is 0.774. The number of aromatic nitrogens is 3. The van der Waals surface area contributed by atoms with Gasteiger partial charge in [-0.3, -0.25) is 4.57 Å². The molecule has 0 unspecified atom stereocenters. The molecular formula is C12H16N4O. The minimum Gasteiger partial charge on any atom is -0.328 e. The van der Waals surface area contributed by atoms with Crippen molar-refractivity contribution in [3.63, 3.8) is 0 Å². The first-order valence-corrected chi connectivity index (χ1v) is 6.06. The van der Waals surface area contributed by atoms with Crippen LogP contribution >= 0.6 is 0 Å². The molecule has 3 rings (SSSR count). The monoisotopic (exact) mass is 232 g/mol. The zero-order valence-electron chi connectivity index (χ0n) is 9.60. The summed E-state index contributed by atoms with van der Waals surface area (Å²) in [5, 5.41) is 0. The molecule has 90 valence electrons. The average molecular weight is 232 g/mol. The lowest BCUT2D eigenvalue weighted by molar-refractivity contribution is 0.323. The fourth-order valence-corrected chi connectivity index (χ4v) is 2.66. The van der Waals surface area contributed by atoms with E-state index >= 15 is 0 Å². The molecule has 2 heterocycles. The Kier molecular flexibility index (Phi) is 2.48. The number of nitrogens with one attached hydrogen (secondary N) is 1. The summed E-state index contributed by atoms with van der Waals surface area (Å²) in [4.78, 5) is 19.1. The van der Waals surface area contributed by atoms with Crippen molar-refractivity contribution in [3.05, 3.63) is 28.8 Å². The van der Waals surface area contributed by atoms with Gasteiger partial charge >= 0.3 is 5.69 Å². The first-order valence-electron chi connectivity index (χ1n) is 6.06. The van der Waals surface area contributed by atoms with E-state index in [0.717, 1.165) is 36.8 Å². The van der Waals surface area contributed by atoms with E-state index < -0.39 is 0 Å². The number of pyridine rings is 1. The second kappa shape index (κ2) is 4.00. The Labute approximate surface area is 98.7 Å². The average Bonchev–Trinajstić information content (AvgIpc) is 2.66. The minimum atomic E-state index is -0.0563. The number of nitrogens with two attached hydrogens (primary N) is 1. The van der Waals surface area contributed by atoms with Crippen molar-refractivity contribution in [2.45, 2.75) is 37.8 Å². The lowest BCUT2D eigenvalue weighted by Crippen LogP contribution is -2.31. The molecule has 0 atom stereocenters. The summed E-state index contributed by atoms with van der Waals surface area (Å²) in [5.41, 5.74) is 7.41. The topological polar surface area (TPSA) is 76.7 Å². The van der Waals surface area contributed by atoms with Gasteiger partial charge < -0.3 is 10.7 Å². The highest BCUT2D eigenvalue weighted by Gasteiger charge is 2.23. The van der Waals surface area contributed by atoms with E-state index in [9.17, 15) is 4.79 Å². The van der Waals surface area contributed by atoms with Crippen molar-refractivity contribution >= 4 is 11.2 Å². The lowest BCUT2D eigenvalue weighted by atomic mass is 9.92. The van der Waals surface area contributed by atoms with E-state index in [2.05, 4.69) is 9.97 Å². The van der Waals surface area contributed by atoms with Crippen molar-refractivity contribution in [1.82, 2.24) is 14.5 Å². The Bertz CT molecular complexity index is 577. The molecule has 2 aromatic rings. The van der Waals surface area contributed by atoms with E-state index in [1.807, 2.05) is 12.1 Å². The Morgan fingerprint density at radius 3 is 2.88 bits per heavy atom. The minimum absolute atomic E-state index is 0.0563. The van der Waals surface area contributed by atoms with Crippen molar-refractivity contribution < 1.29 is 0 Å². The Balaban J connectivity index is 2.05. The molecule has 5 nitrogen and oxygen atoms in total. The van der Waals surface area contributed by atoms with E-state index in [-0.39, 0.29) is 11.7 Å². The van der Waals surface area contributed by atoms with Crippen LogP contribution in [0, 0.1) is 0 Å². The SMILES string of the molecule is NC1CCC(n2c(=O)[nH]c3cccnc32)CC1. The molecule has 1 fully saturated rings. The number of fused-ring (bicyclic) bond motifs is 1. The molecular weight excluding hydrogens is 216 g/mol. The van der Waals surface area contributed by atoms with Gasteiger partial charge in [0.05, 0.1) is 5.52 Å². The van der Waals surface area contributed by atoms with Crippen molar-refractivity contribution in [3.8, 4) is 0 Å². The third-order valence-electron chi connectivity index (χ3n) is 3.58. The van der Waals surface area contributed by atoms with E-state index in [0.29, 0.717) is 6.04 Å². The molecule has 2 aromatic heterocycles. The van der Waals surface area contributed by atoms with Crippen molar-refractivity contribution in [1.29, 1.82) is 0 Å². The van der Waals surface area contributed by atoms with Crippen LogP contribution in [0.1, 0.15) is 31.7 Å². The third kappa shape index (κ3) is 1.76. The fraction of sp³-hybridized carbons (Fsp3) is 0.500. The Morgan fingerprint density at radius 2 is 2.12 bits per heavy atom. The molecule has 0 bridgehead atoms. The van der Waals surface area contributed by atoms with Gasteiger partial charge in [-0.05, 0) is 37.8 Å². The molecule has 3 N–H and O–H groups in total. The Morgan fingerprint density at radius 1 is 1.35 bits per heavy atom. The van der Waals surface area contributed by atoms with Crippen molar-refractivity contribution in [2.24, 2.45) is 5.73 Å². The fourth-order valence-electron chi connectivity index (χ4n) is 2.66. The van der Waals surface area contributed by atoms with Gasteiger partial charge in [0.1, 0.15) is 0 Å². The van der Waals surface area contributed by atoms with Gasteiger partial charge in [0.2, 0.25) is 0 Å². The number of imidazole rings is 1. The molecule has 0 aliphatic heterocycles. The largest absolute Gasteiger partial charge is 0.328 e. The molecule has 0 aromatic carbocycles.